The van der Waals surface area contributed by atoms with Crippen molar-refractivity contribution < 1.29 is 76.4 Å². The minimum atomic E-state index is -3.15. The molecule has 0 radical (unpaired) electrons. The predicted molar refractivity (Wildman–Crippen MR) is 351 cm³/mol. The number of benzene rings is 6. The first kappa shape index (κ1) is 65.4. The van der Waals surface area contributed by atoms with Crippen molar-refractivity contribution in [2.45, 2.75) is 64.3 Å². The van der Waals surface area contributed by atoms with Gasteiger partial charge in [-0.2, -0.15) is 20.3 Å². The molecule has 0 spiro atoms. The number of carbonyl (C=O) groups is 10. The van der Waals surface area contributed by atoms with Gasteiger partial charge >= 0.3 is 36.1 Å². The van der Waals surface area contributed by atoms with Crippen LogP contribution in [0.4, 0.5) is 14.6 Å². The van der Waals surface area contributed by atoms with Crippen molar-refractivity contribution in [3.63, 3.8) is 0 Å². The summed E-state index contributed by atoms with van der Waals surface area (Å²) in [5.74, 6) is -11.0. The predicted octanol–water partition coefficient (Wildman–Crippen LogP) is 11.2. The van der Waals surface area contributed by atoms with Crippen LogP contribution in [0.1, 0.15) is 68.8 Å². The number of hydrogen-bond donors (Lipinski definition) is 0. The number of fused-ring (bicyclic) bond motifs is 5. The van der Waals surface area contributed by atoms with Gasteiger partial charge in [-0.1, -0.05) is 182 Å². The summed E-state index contributed by atoms with van der Waals surface area (Å²) in [4.78, 5) is 160. The highest BCUT2D eigenvalue weighted by molar-refractivity contribution is 7.25. The van der Waals surface area contributed by atoms with Crippen molar-refractivity contribution in [2.24, 2.45) is 9.98 Å². The van der Waals surface area contributed by atoms with E-state index in [0.717, 1.165) is 22.7 Å². The lowest BCUT2D eigenvalue weighted by atomic mass is 9.70. The molecule has 0 saturated carbocycles. The van der Waals surface area contributed by atoms with Gasteiger partial charge in [-0.05, 0) is 59.4 Å². The second-order valence-corrected chi connectivity index (χ2v) is 24.3. The van der Waals surface area contributed by atoms with Gasteiger partial charge in [-0.25, -0.2) is 19.6 Å². The normalized spacial score (nSPS) is 15.7. The third-order valence-corrected chi connectivity index (χ3v) is 18.6. The number of esters is 4. The fraction of sp³-hybridized carbons (Fsp3) is 0.135. The topological polar surface area (TPSA) is 305 Å². The van der Waals surface area contributed by atoms with Crippen LogP contribution in [0.15, 0.2) is 226 Å². The van der Waals surface area contributed by atoms with E-state index in [4.69, 9.17) is 33.4 Å². The Morgan fingerprint density at radius 3 is 1.09 bits per heavy atom. The van der Waals surface area contributed by atoms with E-state index >= 15 is 24.0 Å². The Kier molecular flexibility index (Phi) is 18.5. The maximum Gasteiger partial charge on any atom is 0.424 e. The van der Waals surface area contributed by atoms with Crippen LogP contribution >= 0.6 is 22.7 Å². The average Bonchev–Trinajstić information content (AvgIpc) is 1.49. The van der Waals surface area contributed by atoms with Crippen LogP contribution in [0.25, 0.3) is 15.8 Å². The highest BCUT2D eigenvalue weighted by atomic mass is 32.1. The molecular weight excluding hydrogens is 1290 g/mol. The van der Waals surface area contributed by atoms with Crippen molar-refractivity contribution in [3.8, 4) is 21.9 Å². The first-order valence-electron chi connectivity index (χ1n) is 30.0. The second-order valence-electron chi connectivity index (χ2n) is 22.3. The van der Waals surface area contributed by atoms with Gasteiger partial charge in [-0.15, -0.1) is 22.7 Å². The Morgan fingerprint density at radius 2 is 0.745 bits per heavy atom. The van der Waals surface area contributed by atoms with Crippen LogP contribution in [0.5, 0.6) is 0 Å². The molecule has 0 bridgehead atoms. The van der Waals surface area contributed by atoms with Gasteiger partial charge in [-0.3, -0.25) is 38.4 Å². The zero-order chi connectivity index (χ0) is 68.8. The van der Waals surface area contributed by atoms with Gasteiger partial charge < -0.3 is 28.4 Å². The molecule has 6 aromatic carbocycles. The lowest BCUT2D eigenvalue weighted by molar-refractivity contribution is -0.167. The number of ether oxygens (including phenoxy) is 6. The summed E-state index contributed by atoms with van der Waals surface area (Å²) in [5, 5.41) is 20.8. The molecular formula is C74H50N6O16S2. The largest absolute Gasteiger partial charge is 0.459 e. The standard InChI is InChI=1S/C74H50N6O16S2/c1-43-51(35-75)63(81)79(71(89)95-41-49-29-17-7-18-30-49)65(83)59(43)77-55-34-54-57(74(55,69(87)93-39-47-25-13-5-14-26-47)70(88)94-40-48-27-15-6-16-28-48)58-62(97-54)61-53(73(58,67(85)91-37-45-21-9-3-10-22-45)68(86)92-38-46-23-11-4-12-24-46)33-56(98-61)78-60-44(2)52(36-76)64(82)80(66(60)84)72(90)96-42-50-31-19-8-20-32-50/h3-34H,37-42H2,1-2H3/b77-59+,78-60+. The van der Waals surface area contributed by atoms with E-state index in [-0.39, 0.29) is 47.2 Å². The molecule has 8 aromatic rings. The Morgan fingerprint density at radius 1 is 0.418 bits per heavy atom. The lowest BCUT2D eigenvalue weighted by Gasteiger charge is -2.33. The molecule has 0 saturated heterocycles. The van der Waals surface area contributed by atoms with E-state index < -0.39 is 149 Å². The van der Waals surface area contributed by atoms with Crippen molar-refractivity contribution in [2.75, 3.05) is 0 Å². The summed E-state index contributed by atoms with van der Waals surface area (Å²) >= 11 is 1.57. The SMILES string of the molecule is CC1=C(C#N)C(=O)N(C(=O)OCc2ccccc2)C(=O)/C1=N/C1=Cc2sc3c(c2C1(C(=O)OCc1ccccc1)C(=O)OCc1ccccc1)C(C(=O)OCc1ccccc1)(C(=O)OCc1ccccc1)c1cc(/N=C2/C(=O)N(C(=O)OCc4ccccc4)C(=O)C(C#N)=C2C)sc1-3. The summed E-state index contributed by atoms with van der Waals surface area (Å²) in [6.45, 7) is -0.427. The van der Waals surface area contributed by atoms with Gasteiger partial charge in [0.25, 0.3) is 23.6 Å². The molecule has 98 heavy (non-hydrogen) atoms. The quantitative estimate of drug-likeness (QED) is 0.0333. The van der Waals surface area contributed by atoms with Crippen molar-refractivity contribution in [1.29, 1.82) is 10.5 Å². The maximum atomic E-state index is 16.3. The summed E-state index contributed by atoms with van der Waals surface area (Å²) in [7, 11) is 0. The molecule has 4 heterocycles. The highest BCUT2D eigenvalue weighted by Gasteiger charge is 2.69. The van der Waals surface area contributed by atoms with Gasteiger partial charge in [0.05, 0.1) is 15.5 Å². The fourth-order valence-corrected chi connectivity index (χ4v) is 14.0. The van der Waals surface area contributed by atoms with Crippen molar-refractivity contribution >= 4 is 105 Å². The second kappa shape index (κ2) is 27.7. The molecule has 6 amide bonds. The zero-order valence-electron chi connectivity index (χ0n) is 51.7. The van der Waals surface area contributed by atoms with Crippen LogP contribution in [0.3, 0.4) is 0 Å². The number of imide groups is 6. The number of nitriles is 2. The minimum absolute atomic E-state index is 0.00424. The van der Waals surface area contributed by atoms with E-state index in [1.165, 1.54) is 26.0 Å². The number of hydrogen-bond acceptors (Lipinski definition) is 22. The number of aliphatic imine (C=N–C) groups is 2. The number of rotatable bonds is 18. The number of thiophene rings is 2. The van der Waals surface area contributed by atoms with Gasteiger partial charge in [0.2, 0.25) is 10.8 Å². The summed E-state index contributed by atoms with van der Waals surface area (Å²) < 4.78 is 35.8. The molecule has 484 valence electrons. The summed E-state index contributed by atoms with van der Waals surface area (Å²) in [6.07, 6.45) is -1.73. The Labute approximate surface area is 565 Å². The summed E-state index contributed by atoms with van der Waals surface area (Å²) in [5.41, 5.74) is -8.68. The van der Waals surface area contributed by atoms with Crippen LogP contribution in [0, 0.1) is 22.7 Å². The average molecular weight is 1340 g/mol. The molecule has 0 fully saturated rings. The Balaban J connectivity index is 1.10. The number of nitrogens with zero attached hydrogens (tertiary/aromatic N) is 6. The van der Waals surface area contributed by atoms with Gasteiger partial charge in [0.15, 0.2) is 0 Å². The van der Waals surface area contributed by atoms with Crippen LogP contribution in [-0.4, -0.2) is 80.9 Å². The van der Waals surface area contributed by atoms with E-state index in [1.807, 2.05) is 0 Å². The first-order chi connectivity index (χ1) is 47.5. The first-order valence-corrected chi connectivity index (χ1v) is 31.6. The van der Waals surface area contributed by atoms with E-state index in [2.05, 4.69) is 4.99 Å². The van der Waals surface area contributed by atoms with Crippen LogP contribution in [0.2, 0.25) is 0 Å². The lowest BCUT2D eigenvalue weighted by Crippen LogP contribution is -2.52. The Hall–Kier alpha value is -12.6. The van der Waals surface area contributed by atoms with Gasteiger partial charge in [0.1, 0.15) is 79.4 Å². The Bertz CT molecular complexity index is 4780. The molecule has 22 nitrogen and oxygen atoms in total. The molecule has 4 aliphatic rings. The minimum Gasteiger partial charge on any atom is -0.459 e. The molecule has 24 heteroatoms. The van der Waals surface area contributed by atoms with Crippen LogP contribution < -0.4 is 0 Å². The maximum absolute atomic E-state index is 16.3. The smallest absolute Gasteiger partial charge is 0.424 e. The number of carbonyl (C=O) groups excluding carboxylic acids is 10. The molecule has 0 unspecified atom stereocenters. The number of amides is 6. The van der Waals surface area contributed by atoms with E-state index in [1.54, 1.807) is 194 Å². The molecule has 12 rings (SSSR count). The monoisotopic (exact) mass is 1340 g/mol. The van der Waals surface area contributed by atoms with E-state index in [9.17, 15) is 34.5 Å². The third-order valence-electron chi connectivity index (χ3n) is 16.3. The fourth-order valence-electron chi connectivity index (χ4n) is 11.4. The van der Waals surface area contributed by atoms with Gasteiger partial charge in [0, 0.05) is 32.7 Å². The molecule has 0 atom stereocenters. The molecule has 2 aromatic heterocycles. The van der Waals surface area contributed by atoms with Crippen LogP contribution in [-0.2, 0) is 117 Å². The molecule has 0 N–H and O–H groups in total. The summed E-state index contributed by atoms with van der Waals surface area (Å²) in [6, 6.07) is 54.6. The zero-order valence-corrected chi connectivity index (χ0v) is 53.4. The van der Waals surface area contributed by atoms with E-state index in [0.29, 0.717) is 33.4 Å². The third kappa shape index (κ3) is 12.0. The van der Waals surface area contributed by atoms with Crippen molar-refractivity contribution in [3.05, 3.63) is 271 Å². The molecule has 2 aliphatic carbocycles. The highest BCUT2D eigenvalue weighted by Crippen LogP contribution is 2.65. The molecule has 2 aliphatic heterocycles. The van der Waals surface area contributed by atoms with Crippen molar-refractivity contribution in [1.82, 2.24) is 9.80 Å².